The van der Waals surface area contributed by atoms with E-state index in [0.717, 1.165) is 57.8 Å². The van der Waals surface area contributed by atoms with E-state index in [4.69, 9.17) is 24.8 Å². The second kappa shape index (κ2) is 32.4. The Morgan fingerprint density at radius 1 is 0.625 bits per heavy atom. The van der Waals surface area contributed by atoms with Crippen molar-refractivity contribution >= 4 is 25.7 Å². The summed E-state index contributed by atoms with van der Waals surface area (Å²) in [6, 6.07) is -1.52. The molecule has 0 fully saturated rings. The zero-order chi connectivity index (χ0) is 35.7. The number of aliphatic carboxylic acids is 1. The first-order chi connectivity index (χ1) is 23.1. The summed E-state index contributed by atoms with van der Waals surface area (Å²) in [4.78, 5) is 45.6. The lowest BCUT2D eigenvalue weighted by Crippen LogP contribution is -2.34. The summed E-state index contributed by atoms with van der Waals surface area (Å²) in [7, 11) is -4.70. The van der Waals surface area contributed by atoms with Crippen molar-refractivity contribution in [3.8, 4) is 0 Å². The van der Waals surface area contributed by atoms with Gasteiger partial charge in [-0.3, -0.25) is 23.4 Å². The molecule has 0 aromatic heterocycles. The van der Waals surface area contributed by atoms with Gasteiger partial charge in [-0.1, -0.05) is 135 Å². The van der Waals surface area contributed by atoms with Gasteiger partial charge in [0.05, 0.1) is 13.2 Å². The number of carboxylic acids is 1. The number of allylic oxidation sites excluding steroid dienone is 2. The minimum absolute atomic E-state index is 0.154. The van der Waals surface area contributed by atoms with Crippen molar-refractivity contribution in [2.24, 2.45) is 5.73 Å². The Balaban J connectivity index is 4.44. The summed E-state index contributed by atoms with van der Waals surface area (Å²) < 4.78 is 32.5. The van der Waals surface area contributed by atoms with Gasteiger partial charge in [0.1, 0.15) is 12.6 Å². The molecule has 0 aromatic rings. The van der Waals surface area contributed by atoms with Crippen LogP contribution in [0.2, 0.25) is 0 Å². The molecule has 0 spiro atoms. The number of esters is 2. The van der Waals surface area contributed by atoms with Gasteiger partial charge in [-0.05, 0) is 32.1 Å². The van der Waals surface area contributed by atoms with Crippen LogP contribution < -0.4 is 5.73 Å². The van der Waals surface area contributed by atoms with Crippen LogP contribution >= 0.6 is 7.82 Å². The first-order valence-electron chi connectivity index (χ1n) is 18.7. The van der Waals surface area contributed by atoms with Crippen molar-refractivity contribution in [3.05, 3.63) is 12.2 Å². The molecule has 0 saturated heterocycles. The highest BCUT2D eigenvalue weighted by molar-refractivity contribution is 7.47. The number of phosphoric ester groups is 1. The predicted octanol–water partition coefficient (Wildman–Crippen LogP) is 8.95. The van der Waals surface area contributed by atoms with Crippen molar-refractivity contribution in [3.63, 3.8) is 0 Å². The van der Waals surface area contributed by atoms with Crippen molar-refractivity contribution < 1.29 is 47.5 Å². The number of rotatable bonds is 35. The lowest BCUT2D eigenvalue weighted by Gasteiger charge is -2.20. The number of ether oxygens (including phenoxy) is 2. The molecule has 0 aliphatic carbocycles. The fourth-order valence-electron chi connectivity index (χ4n) is 4.99. The van der Waals surface area contributed by atoms with Crippen LogP contribution in [0.5, 0.6) is 0 Å². The lowest BCUT2D eigenvalue weighted by molar-refractivity contribution is -0.161. The van der Waals surface area contributed by atoms with E-state index in [0.29, 0.717) is 12.8 Å². The van der Waals surface area contributed by atoms with Crippen LogP contribution in [-0.4, -0.2) is 59.9 Å². The van der Waals surface area contributed by atoms with Crippen LogP contribution in [0.15, 0.2) is 12.2 Å². The van der Waals surface area contributed by atoms with Gasteiger partial charge in [0.15, 0.2) is 6.10 Å². The maximum absolute atomic E-state index is 12.5. The Bertz CT molecular complexity index is 885. The van der Waals surface area contributed by atoms with Gasteiger partial charge in [-0.25, -0.2) is 4.57 Å². The number of carbonyl (C=O) groups excluding carboxylic acids is 2. The molecule has 0 aromatic carbocycles. The number of unbranched alkanes of at least 4 members (excludes halogenated alkanes) is 19. The molecule has 0 amide bonds. The van der Waals surface area contributed by atoms with E-state index in [1.165, 1.54) is 70.6 Å². The van der Waals surface area contributed by atoms with E-state index in [1.807, 2.05) is 0 Å². The van der Waals surface area contributed by atoms with Gasteiger partial charge in [0.2, 0.25) is 0 Å². The highest BCUT2D eigenvalue weighted by atomic mass is 31.2. The lowest BCUT2D eigenvalue weighted by atomic mass is 10.0. The second-order valence-corrected chi connectivity index (χ2v) is 14.2. The SMILES string of the molecule is CCCC/C=C\CCCCCCCC(=O)OC(COC(=O)CCCCCCCCCCCCCCC)COP(=O)(O)OCC(N)C(=O)O. The van der Waals surface area contributed by atoms with E-state index >= 15 is 0 Å². The van der Waals surface area contributed by atoms with Crippen molar-refractivity contribution in [1.29, 1.82) is 0 Å². The minimum Gasteiger partial charge on any atom is -0.480 e. The molecule has 0 rings (SSSR count). The third-order valence-electron chi connectivity index (χ3n) is 8.01. The molecule has 4 N–H and O–H groups in total. The average molecular weight is 706 g/mol. The number of hydrogen-bond acceptors (Lipinski definition) is 9. The standard InChI is InChI=1S/C36H68NO10P/c1-3-5-7-9-11-13-15-16-18-19-21-23-25-27-34(38)44-29-32(30-45-48(42,43)46-31-33(37)36(40)41)47-35(39)28-26-24-22-20-17-14-12-10-8-6-4-2/h10,12,32-33H,3-9,11,13-31,37H2,1-2H3,(H,40,41)(H,42,43)/b12-10-. The number of carbonyl (C=O) groups is 3. The third kappa shape index (κ3) is 31.5. The molecular formula is C36H68NO10P. The third-order valence-corrected chi connectivity index (χ3v) is 8.96. The Morgan fingerprint density at radius 2 is 1.06 bits per heavy atom. The summed E-state index contributed by atoms with van der Waals surface area (Å²) in [5, 5.41) is 8.84. The van der Waals surface area contributed by atoms with E-state index in [2.05, 4.69) is 30.5 Å². The molecule has 0 radical (unpaired) electrons. The molecule has 0 aliphatic heterocycles. The molecule has 0 bridgehead atoms. The van der Waals surface area contributed by atoms with Crippen LogP contribution in [0.25, 0.3) is 0 Å². The first kappa shape index (κ1) is 46.2. The quantitative estimate of drug-likeness (QED) is 0.0249. The van der Waals surface area contributed by atoms with Gasteiger partial charge in [0.25, 0.3) is 0 Å². The number of nitrogens with two attached hydrogens (primary N) is 1. The maximum atomic E-state index is 12.5. The van der Waals surface area contributed by atoms with Gasteiger partial charge >= 0.3 is 25.7 Å². The van der Waals surface area contributed by atoms with E-state index in [-0.39, 0.29) is 19.4 Å². The van der Waals surface area contributed by atoms with Crippen LogP contribution in [0.3, 0.4) is 0 Å². The van der Waals surface area contributed by atoms with Crippen molar-refractivity contribution in [1.82, 2.24) is 0 Å². The number of carboxylic acid groups (broad SMARTS) is 1. The highest BCUT2D eigenvalue weighted by Gasteiger charge is 2.28. The molecule has 3 unspecified atom stereocenters. The summed E-state index contributed by atoms with van der Waals surface area (Å²) in [6.07, 6.45) is 28.6. The Morgan fingerprint density at radius 3 is 1.58 bits per heavy atom. The van der Waals surface area contributed by atoms with Crippen molar-refractivity contribution in [2.75, 3.05) is 19.8 Å². The second-order valence-electron chi connectivity index (χ2n) is 12.7. The zero-order valence-electron chi connectivity index (χ0n) is 30.1. The molecule has 12 heteroatoms. The minimum atomic E-state index is -4.70. The summed E-state index contributed by atoms with van der Waals surface area (Å²) in [5.41, 5.74) is 5.31. The number of phosphoric acid groups is 1. The van der Waals surface area contributed by atoms with Gasteiger partial charge in [-0.2, -0.15) is 0 Å². The van der Waals surface area contributed by atoms with E-state index in [1.54, 1.807) is 0 Å². The van der Waals surface area contributed by atoms with Crippen LogP contribution in [-0.2, 0) is 37.5 Å². The largest absolute Gasteiger partial charge is 0.480 e. The normalized spacial score (nSPS) is 14.1. The smallest absolute Gasteiger partial charge is 0.472 e. The summed E-state index contributed by atoms with van der Waals surface area (Å²) >= 11 is 0. The molecule has 0 saturated carbocycles. The van der Waals surface area contributed by atoms with Gasteiger partial charge < -0.3 is 25.2 Å². The molecule has 11 nitrogen and oxygen atoms in total. The summed E-state index contributed by atoms with van der Waals surface area (Å²) in [5.74, 6) is -2.39. The fraction of sp³-hybridized carbons (Fsp3) is 0.861. The molecule has 0 aliphatic rings. The average Bonchev–Trinajstić information content (AvgIpc) is 3.05. The zero-order valence-corrected chi connectivity index (χ0v) is 31.0. The Hall–Kier alpha value is -1.78. The maximum Gasteiger partial charge on any atom is 0.472 e. The van der Waals surface area contributed by atoms with Crippen LogP contribution in [0, 0.1) is 0 Å². The predicted molar refractivity (Wildman–Crippen MR) is 189 cm³/mol. The topological polar surface area (TPSA) is 172 Å². The van der Waals surface area contributed by atoms with E-state index < -0.39 is 51.1 Å². The first-order valence-corrected chi connectivity index (χ1v) is 20.2. The molecule has 282 valence electrons. The molecular weight excluding hydrogens is 637 g/mol. The molecule has 3 atom stereocenters. The number of hydrogen-bond donors (Lipinski definition) is 3. The van der Waals surface area contributed by atoms with Crippen LogP contribution in [0.4, 0.5) is 0 Å². The van der Waals surface area contributed by atoms with Gasteiger partial charge in [0, 0.05) is 12.8 Å². The highest BCUT2D eigenvalue weighted by Crippen LogP contribution is 2.43. The molecule has 0 heterocycles. The Kier molecular flexibility index (Phi) is 31.2. The van der Waals surface area contributed by atoms with E-state index in [9.17, 15) is 23.8 Å². The summed E-state index contributed by atoms with van der Waals surface area (Å²) in [6.45, 7) is 2.73. The Labute approximate surface area is 290 Å². The van der Waals surface area contributed by atoms with Crippen molar-refractivity contribution in [2.45, 2.75) is 180 Å². The fourth-order valence-corrected chi connectivity index (χ4v) is 5.76. The van der Waals surface area contributed by atoms with Crippen LogP contribution in [0.1, 0.15) is 168 Å². The van der Waals surface area contributed by atoms with Gasteiger partial charge in [-0.15, -0.1) is 0 Å². The monoisotopic (exact) mass is 705 g/mol. The molecule has 48 heavy (non-hydrogen) atoms.